The van der Waals surface area contributed by atoms with Crippen LogP contribution in [0.15, 0.2) is 98.6 Å². The normalized spacial score (nSPS) is 17.4. The van der Waals surface area contributed by atoms with Gasteiger partial charge in [0.15, 0.2) is 0 Å². The Morgan fingerprint density at radius 2 is 0.959 bits per heavy atom. The van der Waals surface area contributed by atoms with Gasteiger partial charge in [-0.2, -0.15) is 0 Å². The molecule has 6 rings (SSSR count). The van der Waals surface area contributed by atoms with Crippen LogP contribution in [-0.2, 0) is 52.4 Å². The van der Waals surface area contributed by atoms with E-state index < -0.39 is 17.9 Å². The van der Waals surface area contributed by atoms with Crippen molar-refractivity contribution in [2.45, 2.75) is 115 Å². The number of hydrogen-bond acceptors (Lipinski definition) is 16. The molecule has 2 saturated carbocycles. The number of unbranched alkanes of at least 4 members (excludes halogenated alkanes) is 6. The molecule has 4 aromatic rings. The second-order valence-corrected chi connectivity index (χ2v) is 18.3. The SMILES string of the molecule is C=CC(=O)OCCCCCCOC1CCC(C(=O)Oc2ccc3c(c2)nc(Oc2cccc(OCCOCCOC(=O)C=C)c2)c2cc(OC(=O)C4CCC(OCCCCCCOC(=O)C=C)CC4)ccc23)CC1. The largest absolute Gasteiger partial charge is 0.491 e. The summed E-state index contributed by atoms with van der Waals surface area (Å²) in [5, 5.41) is 2.17. The van der Waals surface area contributed by atoms with Crippen LogP contribution in [-0.4, -0.2) is 99.9 Å². The van der Waals surface area contributed by atoms with Gasteiger partial charge in [-0.05, 0) is 138 Å². The van der Waals surface area contributed by atoms with Gasteiger partial charge in [-0.1, -0.05) is 38.6 Å². The van der Waals surface area contributed by atoms with Crippen molar-refractivity contribution in [1.29, 1.82) is 0 Å². The number of rotatable bonds is 32. The van der Waals surface area contributed by atoms with Crippen LogP contribution in [0.25, 0.3) is 21.7 Å². The average molecular weight is 1020 g/mol. The summed E-state index contributed by atoms with van der Waals surface area (Å²) in [5.41, 5.74) is 0.534. The van der Waals surface area contributed by atoms with E-state index in [0.29, 0.717) is 86.0 Å². The molecule has 0 aliphatic heterocycles. The highest BCUT2D eigenvalue weighted by molar-refractivity contribution is 6.08. The van der Waals surface area contributed by atoms with E-state index in [4.69, 9.17) is 52.4 Å². The lowest BCUT2D eigenvalue weighted by atomic mass is 9.87. The second kappa shape index (κ2) is 31.2. The highest BCUT2D eigenvalue weighted by Crippen LogP contribution is 2.38. The molecule has 0 radical (unpaired) electrons. The summed E-state index contributed by atoms with van der Waals surface area (Å²) in [4.78, 5) is 65.7. The molecular formula is C58H71NO15. The van der Waals surface area contributed by atoms with E-state index in [2.05, 4.69) is 19.7 Å². The first-order valence-electron chi connectivity index (χ1n) is 26.0. The number of fused-ring (bicyclic) bond motifs is 3. The van der Waals surface area contributed by atoms with E-state index in [-0.39, 0.29) is 68.3 Å². The Morgan fingerprint density at radius 1 is 0.473 bits per heavy atom. The van der Waals surface area contributed by atoms with E-state index in [1.54, 1.807) is 48.5 Å². The number of nitrogens with zero attached hydrogens (tertiary/aromatic N) is 1. The van der Waals surface area contributed by atoms with Crippen molar-refractivity contribution in [3.8, 4) is 28.9 Å². The lowest BCUT2D eigenvalue weighted by Gasteiger charge is -2.27. The van der Waals surface area contributed by atoms with Gasteiger partial charge in [-0.15, -0.1) is 0 Å². The first-order chi connectivity index (χ1) is 36.1. The minimum atomic E-state index is -0.515. The third-order valence-corrected chi connectivity index (χ3v) is 12.9. The number of hydrogen-bond donors (Lipinski definition) is 0. The third-order valence-electron chi connectivity index (χ3n) is 12.9. The van der Waals surface area contributed by atoms with Crippen LogP contribution in [0.5, 0.6) is 28.9 Å². The van der Waals surface area contributed by atoms with E-state index in [1.807, 2.05) is 12.1 Å². The maximum Gasteiger partial charge on any atom is 0.330 e. The van der Waals surface area contributed by atoms with Gasteiger partial charge < -0.3 is 47.4 Å². The van der Waals surface area contributed by atoms with Crippen LogP contribution in [0, 0.1) is 11.8 Å². The first-order valence-corrected chi connectivity index (χ1v) is 26.0. The second-order valence-electron chi connectivity index (χ2n) is 18.3. The van der Waals surface area contributed by atoms with E-state index >= 15 is 0 Å². The quantitative estimate of drug-likeness (QED) is 0.0112. The van der Waals surface area contributed by atoms with Crippen molar-refractivity contribution in [2.75, 3.05) is 52.9 Å². The fourth-order valence-corrected chi connectivity index (χ4v) is 8.87. The molecule has 0 unspecified atom stereocenters. The van der Waals surface area contributed by atoms with Crippen molar-refractivity contribution < 1.29 is 71.3 Å². The molecule has 398 valence electrons. The van der Waals surface area contributed by atoms with Gasteiger partial charge in [0.1, 0.15) is 36.2 Å². The zero-order chi connectivity index (χ0) is 52.3. The summed E-state index contributed by atoms with van der Waals surface area (Å²) >= 11 is 0. The predicted octanol–water partition coefficient (Wildman–Crippen LogP) is 10.8. The van der Waals surface area contributed by atoms with Crippen LogP contribution in [0.3, 0.4) is 0 Å². The Hall–Kier alpha value is -6.62. The van der Waals surface area contributed by atoms with Crippen LogP contribution < -0.4 is 18.9 Å². The third kappa shape index (κ3) is 19.0. The molecule has 1 aromatic heterocycles. The minimum Gasteiger partial charge on any atom is -0.491 e. The molecule has 0 atom stereocenters. The number of carbonyl (C=O) groups is 5. The number of carbonyl (C=O) groups excluding carboxylic acids is 5. The topological polar surface area (TPSA) is 191 Å². The number of aromatic nitrogens is 1. The zero-order valence-corrected chi connectivity index (χ0v) is 42.5. The average Bonchev–Trinajstić information content (AvgIpc) is 3.42. The molecule has 2 aliphatic rings. The summed E-state index contributed by atoms with van der Waals surface area (Å²) in [6.45, 7) is 13.1. The number of esters is 5. The van der Waals surface area contributed by atoms with Crippen molar-refractivity contribution in [1.82, 2.24) is 4.98 Å². The van der Waals surface area contributed by atoms with E-state index in [9.17, 15) is 24.0 Å². The standard InChI is InChI=1S/C58H71NO15/c1-4-53(60)69-32-13-9-7-11-30-66-43-22-18-41(19-23-43)57(63)73-47-26-28-49-50-29-27-48(74-58(64)42-20-24-44(25-21-42)67-31-12-8-10-14-33-70-54(61)5-2)40-52(50)59-56(51(49)39-47)72-46-17-15-16-45(38-46)68-36-34-65-35-37-71-55(62)6-3/h4-6,15-17,26-29,38-44H,1-3,7-14,18-25,30-37H2. The molecule has 1 heterocycles. The van der Waals surface area contributed by atoms with Crippen molar-refractivity contribution in [3.63, 3.8) is 0 Å². The van der Waals surface area contributed by atoms with Crippen LogP contribution in [0.1, 0.15) is 103 Å². The molecule has 16 heteroatoms. The number of ether oxygens (including phenoxy) is 10. The fourth-order valence-electron chi connectivity index (χ4n) is 8.87. The highest BCUT2D eigenvalue weighted by Gasteiger charge is 2.30. The minimum absolute atomic E-state index is 0.0943. The van der Waals surface area contributed by atoms with E-state index in [1.165, 1.54) is 12.2 Å². The lowest BCUT2D eigenvalue weighted by molar-refractivity contribution is -0.142. The Morgan fingerprint density at radius 3 is 1.51 bits per heavy atom. The van der Waals surface area contributed by atoms with Gasteiger partial charge in [0, 0.05) is 54.3 Å². The highest BCUT2D eigenvalue weighted by atomic mass is 16.6. The van der Waals surface area contributed by atoms with Gasteiger partial charge in [-0.3, -0.25) is 9.59 Å². The van der Waals surface area contributed by atoms with Gasteiger partial charge in [0.25, 0.3) is 0 Å². The summed E-state index contributed by atoms with van der Waals surface area (Å²) in [7, 11) is 0. The van der Waals surface area contributed by atoms with Crippen LogP contribution in [0.2, 0.25) is 0 Å². The maximum absolute atomic E-state index is 13.6. The molecule has 3 aromatic carbocycles. The molecule has 16 nitrogen and oxygen atoms in total. The molecule has 0 N–H and O–H groups in total. The Bertz CT molecular complexity index is 2490. The van der Waals surface area contributed by atoms with Crippen molar-refractivity contribution >= 4 is 51.5 Å². The van der Waals surface area contributed by atoms with Gasteiger partial charge in [0.2, 0.25) is 5.88 Å². The first kappa shape index (κ1) is 56.7. The van der Waals surface area contributed by atoms with E-state index in [0.717, 1.165) is 93.9 Å². The molecule has 0 saturated heterocycles. The molecule has 0 spiro atoms. The molecule has 2 fully saturated rings. The number of benzene rings is 3. The van der Waals surface area contributed by atoms with Crippen LogP contribution in [0.4, 0.5) is 0 Å². The fraction of sp³-hybridized carbons (Fsp3) is 0.483. The van der Waals surface area contributed by atoms with Gasteiger partial charge in [-0.25, -0.2) is 19.4 Å². The van der Waals surface area contributed by atoms with Gasteiger partial charge in [0.05, 0.1) is 56.0 Å². The summed E-state index contributed by atoms with van der Waals surface area (Å²) in [5.74, 6) is -0.512. The molecule has 0 amide bonds. The van der Waals surface area contributed by atoms with Crippen molar-refractivity contribution in [2.24, 2.45) is 11.8 Å². The Kier molecular flexibility index (Phi) is 23.9. The monoisotopic (exact) mass is 1020 g/mol. The maximum atomic E-state index is 13.6. The number of pyridine rings is 1. The zero-order valence-electron chi connectivity index (χ0n) is 42.5. The lowest BCUT2D eigenvalue weighted by Crippen LogP contribution is -2.29. The van der Waals surface area contributed by atoms with Crippen molar-refractivity contribution in [3.05, 3.63) is 98.6 Å². The molecule has 2 aliphatic carbocycles. The van der Waals surface area contributed by atoms with Crippen LogP contribution >= 0.6 is 0 Å². The molecular weight excluding hydrogens is 951 g/mol. The Balaban J connectivity index is 1.06. The molecule has 74 heavy (non-hydrogen) atoms. The predicted molar refractivity (Wildman–Crippen MR) is 277 cm³/mol. The summed E-state index contributed by atoms with van der Waals surface area (Å²) < 4.78 is 57.2. The summed E-state index contributed by atoms with van der Waals surface area (Å²) in [6.07, 6.45) is 16.7. The van der Waals surface area contributed by atoms with Gasteiger partial charge >= 0.3 is 29.8 Å². The molecule has 0 bridgehead atoms. The Labute approximate surface area is 433 Å². The smallest absolute Gasteiger partial charge is 0.330 e. The summed E-state index contributed by atoms with van der Waals surface area (Å²) in [6, 6.07) is 17.9.